The summed E-state index contributed by atoms with van der Waals surface area (Å²) in [6.45, 7) is 9.28. The molecule has 2 N–H and O–H groups in total. The predicted molar refractivity (Wildman–Crippen MR) is 105 cm³/mol. The van der Waals surface area contributed by atoms with Gasteiger partial charge in [0.15, 0.2) is 11.5 Å². The number of hydrogen-bond acceptors (Lipinski definition) is 4. The van der Waals surface area contributed by atoms with Crippen molar-refractivity contribution in [2.45, 2.75) is 33.4 Å². The van der Waals surface area contributed by atoms with Crippen LogP contribution in [0.5, 0.6) is 11.5 Å². The molecule has 4 nitrogen and oxygen atoms in total. The lowest BCUT2D eigenvalue weighted by Gasteiger charge is -2.23. The van der Waals surface area contributed by atoms with Crippen LogP contribution >= 0.6 is 0 Å². The first-order valence-corrected chi connectivity index (χ1v) is 9.47. The van der Waals surface area contributed by atoms with Crippen LogP contribution in [0.1, 0.15) is 31.4 Å². The van der Waals surface area contributed by atoms with E-state index in [0.29, 0.717) is 13.2 Å². The molecule has 1 unspecified atom stereocenters. The summed E-state index contributed by atoms with van der Waals surface area (Å²) in [7, 11) is 0. The Kier molecular flexibility index (Phi) is 6.17. The Morgan fingerprint density at radius 2 is 1.85 bits per heavy atom. The Labute approximate surface area is 156 Å². The summed E-state index contributed by atoms with van der Waals surface area (Å²) in [4.78, 5) is 2.47. The molecule has 2 aromatic rings. The molecule has 1 heterocycles. The topological polar surface area (TPSA) is 47.7 Å². The lowest BCUT2D eigenvalue weighted by atomic mass is 9.90. The van der Waals surface area contributed by atoms with E-state index in [9.17, 15) is 0 Å². The van der Waals surface area contributed by atoms with E-state index < -0.39 is 0 Å². The fraction of sp³-hybridized carbons (Fsp3) is 0.455. The lowest BCUT2D eigenvalue weighted by molar-refractivity contribution is 0.264. The molecule has 0 saturated carbocycles. The standard InChI is InChI=1S/C22H30N2O2/c1-3-25-21-13-19(14-24-12-11-22(2,16-23)17-24)9-10-20(21)26-15-18-7-5-4-6-8-18/h4-10,13H,3,11-12,14-17,23H2,1-2H3. The minimum atomic E-state index is 0.251. The number of hydrogen-bond donors (Lipinski definition) is 1. The van der Waals surface area contributed by atoms with Crippen LogP contribution in [0.4, 0.5) is 0 Å². The highest BCUT2D eigenvalue weighted by Gasteiger charge is 2.32. The lowest BCUT2D eigenvalue weighted by Crippen LogP contribution is -2.31. The van der Waals surface area contributed by atoms with Crippen molar-refractivity contribution in [1.29, 1.82) is 0 Å². The Morgan fingerprint density at radius 1 is 1.04 bits per heavy atom. The molecule has 140 valence electrons. The first kappa shape index (κ1) is 18.7. The van der Waals surface area contributed by atoms with Crippen molar-refractivity contribution in [1.82, 2.24) is 4.90 Å². The molecule has 0 aromatic heterocycles. The van der Waals surface area contributed by atoms with Gasteiger partial charge in [0.1, 0.15) is 6.61 Å². The molecule has 1 fully saturated rings. The molecule has 4 heteroatoms. The van der Waals surface area contributed by atoms with Crippen LogP contribution in [-0.4, -0.2) is 31.1 Å². The summed E-state index contributed by atoms with van der Waals surface area (Å²) in [5, 5.41) is 0. The van der Waals surface area contributed by atoms with Gasteiger partial charge in [-0.25, -0.2) is 0 Å². The minimum Gasteiger partial charge on any atom is -0.490 e. The summed E-state index contributed by atoms with van der Waals surface area (Å²) in [5.74, 6) is 1.62. The second kappa shape index (κ2) is 8.56. The maximum atomic E-state index is 6.00. The number of benzene rings is 2. The van der Waals surface area contributed by atoms with E-state index in [0.717, 1.165) is 43.2 Å². The van der Waals surface area contributed by atoms with E-state index in [2.05, 4.69) is 36.1 Å². The van der Waals surface area contributed by atoms with Gasteiger partial charge < -0.3 is 15.2 Å². The van der Waals surface area contributed by atoms with Gasteiger partial charge >= 0.3 is 0 Å². The van der Waals surface area contributed by atoms with Gasteiger partial charge in [-0.15, -0.1) is 0 Å². The predicted octanol–water partition coefficient (Wildman–Crippen LogP) is 3.84. The second-order valence-corrected chi connectivity index (χ2v) is 7.46. The molecule has 2 aromatic carbocycles. The minimum absolute atomic E-state index is 0.251. The molecule has 0 bridgehead atoms. The molecule has 3 rings (SSSR count). The third-order valence-corrected chi connectivity index (χ3v) is 5.08. The summed E-state index contributed by atoms with van der Waals surface area (Å²) < 4.78 is 11.8. The monoisotopic (exact) mass is 354 g/mol. The van der Waals surface area contributed by atoms with Crippen LogP contribution in [0.15, 0.2) is 48.5 Å². The first-order valence-electron chi connectivity index (χ1n) is 9.47. The number of nitrogens with two attached hydrogens (primary N) is 1. The Morgan fingerprint density at radius 3 is 2.54 bits per heavy atom. The first-order chi connectivity index (χ1) is 12.6. The van der Waals surface area contributed by atoms with E-state index in [1.165, 1.54) is 12.0 Å². The maximum absolute atomic E-state index is 6.00. The van der Waals surface area contributed by atoms with E-state index in [4.69, 9.17) is 15.2 Å². The fourth-order valence-electron chi connectivity index (χ4n) is 3.46. The van der Waals surface area contributed by atoms with E-state index in [1.54, 1.807) is 0 Å². The van der Waals surface area contributed by atoms with Crippen LogP contribution < -0.4 is 15.2 Å². The van der Waals surface area contributed by atoms with E-state index in [1.807, 2.05) is 31.2 Å². The van der Waals surface area contributed by atoms with Crippen LogP contribution in [0.3, 0.4) is 0 Å². The summed E-state index contributed by atoms with van der Waals surface area (Å²) in [6.07, 6.45) is 1.17. The average molecular weight is 354 g/mol. The summed E-state index contributed by atoms with van der Waals surface area (Å²) >= 11 is 0. The smallest absolute Gasteiger partial charge is 0.161 e. The van der Waals surface area contributed by atoms with Gasteiger partial charge in [0, 0.05) is 13.1 Å². The maximum Gasteiger partial charge on any atom is 0.161 e. The fourth-order valence-corrected chi connectivity index (χ4v) is 3.46. The molecule has 26 heavy (non-hydrogen) atoms. The van der Waals surface area contributed by atoms with Crippen molar-refractivity contribution < 1.29 is 9.47 Å². The Balaban J connectivity index is 1.66. The van der Waals surface area contributed by atoms with Gasteiger partial charge in [-0.3, -0.25) is 4.90 Å². The largest absolute Gasteiger partial charge is 0.490 e. The number of ether oxygens (including phenoxy) is 2. The van der Waals surface area contributed by atoms with Gasteiger partial charge in [0.2, 0.25) is 0 Å². The van der Waals surface area contributed by atoms with Crippen LogP contribution in [0, 0.1) is 5.41 Å². The van der Waals surface area contributed by atoms with E-state index in [-0.39, 0.29) is 5.41 Å². The number of likely N-dealkylation sites (tertiary alicyclic amines) is 1. The summed E-state index contributed by atoms with van der Waals surface area (Å²) in [6, 6.07) is 16.5. The molecule has 1 aliphatic heterocycles. The average Bonchev–Trinajstić information content (AvgIpc) is 3.04. The zero-order chi connectivity index (χ0) is 18.4. The van der Waals surface area contributed by atoms with Crippen molar-refractivity contribution in [3.8, 4) is 11.5 Å². The van der Waals surface area contributed by atoms with Crippen molar-refractivity contribution in [3.63, 3.8) is 0 Å². The number of rotatable bonds is 8. The van der Waals surface area contributed by atoms with Crippen LogP contribution in [0.25, 0.3) is 0 Å². The molecule has 0 amide bonds. The SMILES string of the molecule is CCOc1cc(CN2CCC(C)(CN)C2)ccc1OCc1ccccc1. The van der Waals surface area contributed by atoms with Crippen LogP contribution in [-0.2, 0) is 13.2 Å². The molecule has 1 aliphatic rings. The van der Waals surface area contributed by atoms with Crippen molar-refractivity contribution in [2.75, 3.05) is 26.2 Å². The molecule has 0 radical (unpaired) electrons. The molecule has 1 saturated heterocycles. The van der Waals surface area contributed by atoms with Crippen molar-refractivity contribution in [3.05, 3.63) is 59.7 Å². The van der Waals surface area contributed by atoms with E-state index >= 15 is 0 Å². The normalized spacial score (nSPS) is 20.3. The van der Waals surface area contributed by atoms with Gasteiger partial charge in [-0.1, -0.05) is 43.3 Å². The molecular weight excluding hydrogens is 324 g/mol. The zero-order valence-corrected chi connectivity index (χ0v) is 15.9. The number of nitrogens with zero attached hydrogens (tertiary/aromatic N) is 1. The summed E-state index contributed by atoms with van der Waals surface area (Å²) in [5.41, 5.74) is 8.58. The van der Waals surface area contributed by atoms with Crippen molar-refractivity contribution >= 4 is 0 Å². The Bertz CT molecular complexity index is 705. The third-order valence-electron chi connectivity index (χ3n) is 5.08. The molecule has 0 spiro atoms. The zero-order valence-electron chi connectivity index (χ0n) is 15.9. The van der Waals surface area contributed by atoms with Crippen molar-refractivity contribution in [2.24, 2.45) is 11.1 Å². The van der Waals surface area contributed by atoms with Gasteiger partial charge in [0.05, 0.1) is 6.61 Å². The van der Waals surface area contributed by atoms with Gasteiger partial charge in [-0.05, 0) is 55.1 Å². The molecular formula is C22H30N2O2. The highest BCUT2D eigenvalue weighted by atomic mass is 16.5. The van der Waals surface area contributed by atoms with Gasteiger partial charge in [-0.2, -0.15) is 0 Å². The van der Waals surface area contributed by atoms with Gasteiger partial charge in [0.25, 0.3) is 0 Å². The molecule has 0 aliphatic carbocycles. The highest BCUT2D eigenvalue weighted by molar-refractivity contribution is 5.43. The second-order valence-electron chi connectivity index (χ2n) is 7.46. The van der Waals surface area contributed by atoms with Crippen LogP contribution in [0.2, 0.25) is 0 Å². The molecule has 1 atom stereocenters. The highest BCUT2D eigenvalue weighted by Crippen LogP contribution is 2.32. The Hall–Kier alpha value is -2.04. The third kappa shape index (κ3) is 4.77. The quantitative estimate of drug-likeness (QED) is 0.782.